The summed E-state index contributed by atoms with van der Waals surface area (Å²) in [5.74, 6) is -1.25. The zero-order valence-electron chi connectivity index (χ0n) is 18.0. The number of aryl methyl sites for hydroxylation is 2. The number of carboxylic acid groups (broad SMARTS) is 1. The molecular weight excluding hydrogens is 430 g/mol. The highest BCUT2D eigenvalue weighted by atomic mass is 32.1. The smallest absolute Gasteiger partial charge is 0.337 e. The van der Waals surface area contributed by atoms with Gasteiger partial charge in [-0.25, -0.2) is 19.6 Å². The Morgan fingerprint density at radius 2 is 1.84 bits per heavy atom. The van der Waals surface area contributed by atoms with E-state index in [2.05, 4.69) is 25.9 Å². The predicted octanol–water partition coefficient (Wildman–Crippen LogP) is 2.83. The van der Waals surface area contributed by atoms with Crippen molar-refractivity contribution in [2.75, 3.05) is 6.54 Å². The molecule has 1 atom stereocenters. The van der Waals surface area contributed by atoms with Crippen LogP contribution in [0.2, 0.25) is 0 Å². The molecule has 9 nitrogen and oxygen atoms in total. The van der Waals surface area contributed by atoms with Crippen molar-refractivity contribution in [2.45, 2.75) is 32.9 Å². The van der Waals surface area contributed by atoms with Crippen LogP contribution in [0.5, 0.6) is 0 Å². The molecule has 1 unspecified atom stereocenters. The second-order valence-corrected chi connectivity index (χ2v) is 8.81. The summed E-state index contributed by atoms with van der Waals surface area (Å²) >= 11 is 1.55. The molecule has 10 heteroatoms. The third-order valence-electron chi connectivity index (χ3n) is 4.59. The number of carbonyl (C=O) groups excluding carboxylic acids is 1. The van der Waals surface area contributed by atoms with Crippen LogP contribution in [0.4, 0.5) is 10.5 Å². The van der Waals surface area contributed by atoms with Crippen molar-refractivity contribution in [3.05, 3.63) is 58.6 Å². The lowest BCUT2D eigenvalue weighted by Crippen LogP contribution is -2.51. The van der Waals surface area contributed by atoms with Gasteiger partial charge in [0.25, 0.3) is 0 Å². The minimum absolute atomic E-state index is 0.179. The SMILES string of the molecule is Cc1ccc(CN/C(=N/c2ccc3nc(C)sc3c2)NC(=O)NCC(C)(O)C(=O)O)cc1. The Balaban J connectivity index is 1.77. The lowest BCUT2D eigenvalue weighted by molar-refractivity contribution is -0.155. The fraction of sp³-hybridized carbons (Fsp3) is 0.273. The zero-order valence-corrected chi connectivity index (χ0v) is 18.8. The number of aliphatic imine (C=N–C) groups is 1. The van der Waals surface area contributed by atoms with E-state index in [0.29, 0.717) is 12.2 Å². The summed E-state index contributed by atoms with van der Waals surface area (Å²) in [6.07, 6.45) is 0. The molecule has 0 spiro atoms. The van der Waals surface area contributed by atoms with Crippen LogP contribution in [0.1, 0.15) is 23.1 Å². The Labute approximate surface area is 189 Å². The topological polar surface area (TPSA) is 136 Å². The maximum Gasteiger partial charge on any atom is 0.337 e. The van der Waals surface area contributed by atoms with Crippen LogP contribution in [-0.2, 0) is 11.3 Å². The van der Waals surface area contributed by atoms with Gasteiger partial charge in [0.2, 0.25) is 5.96 Å². The lowest BCUT2D eigenvalue weighted by Gasteiger charge is -2.19. The second-order valence-electron chi connectivity index (χ2n) is 7.57. The van der Waals surface area contributed by atoms with Gasteiger partial charge in [0, 0.05) is 6.54 Å². The quantitative estimate of drug-likeness (QED) is 0.286. The number of aliphatic hydroxyl groups is 1. The summed E-state index contributed by atoms with van der Waals surface area (Å²) in [4.78, 5) is 32.3. The average Bonchev–Trinajstić information content (AvgIpc) is 3.11. The van der Waals surface area contributed by atoms with Gasteiger partial charge >= 0.3 is 12.0 Å². The number of urea groups is 1. The first-order chi connectivity index (χ1) is 15.1. The van der Waals surface area contributed by atoms with E-state index in [0.717, 1.165) is 33.3 Å². The Bertz CT molecular complexity index is 1150. The molecule has 0 aliphatic carbocycles. The molecule has 0 bridgehead atoms. The molecule has 0 saturated carbocycles. The Morgan fingerprint density at radius 3 is 2.53 bits per heavy atom. The lowest BCUT2D eigenvalue weighted by atomic mass is 10.1. The number of nitrogens with zero attached hydrogens (tertiary/aromatic N) is 2. The van der Waals surface area contributed by atoms with E-state index < -0.39 is 24.1 Å². The highest BCUT2D eigenvalue weighted by Gasteiger charge is 2.30. The van der Waals surface area contributed by atoms with Crippen LogP contribution in [0.25, 0.3) is 10.2 Å². The summed E-state index contributed by atoms with van der Waals surface area (Å²) in [6.45, 7) is 4.98. The highest BCUT2D eigenvalue weighted by Crippen LogP contribution is 2.26. The third kappa shape index (κ3) is 6.25. The number of rotatable bonds is 6. The van der Waals surface area contributed by atoms with Crippen LogP contribution in [-0.4, -0.2) is 45.3 Å². The zero-order chi connectivity index (χ0) is 23.3. The highest BCUT2D eigenvalue weighted by molar-refractivity contribution is 7.18. The van der Waals surface area contributed by atoms with Crippen molar-refractivity contribution in [1.82, 2.24) is 20.9 Å². The van der Waals surface area contributed by atoms with Crippen molar-refractivity contribution in [1.29, 1.82) is 0 Å². The molecule has 0 fully saturated rings. The number of fused-ring (bicyclic) bond motifs is 1. The van der Waals surface area contributed by atoms with Crippen molar-refractivity contribution in [3.63, 3.8) is 0 Å². The monoisotopic (exact) mass is 455 g/mol. The molecule has 2 aromatic carbocycles. The van der Waals surface area contributed by atoms with Gasteiger partial charge in [0.1, 0.15) is 0 Å². The number of hydrogen-bond donors (Lipinski definition) is 5. The van der Waals surface area contributed by atoms with E-state index >= 15 is 0 Å². The minimum atomic E-state index is -2.08. The first-order valence-corrected chi connectivity index (χ1v) is 10.7. The summed E-state index contributed by atoms with van der Waals surface area (Å²) < 4.78 is 0.976. The van der Waals surface area contributed by atoms with Crippen LogP contribution in [0.15, 0.2) is 47.5 Å². The molecule has 0 radical (unpaired) electrons. The normalized spacial score (nSPS) is 13.4. The van der Waals surface area contributed by atoms with Crippen LogP contribution in [0, 0.1) is 13.8 Å². The summed E-state index contributed by atoms with van der Waals surface area (Å²) in [5.41, 5.74) is 1.54. The van der Waals surface area contributed by atoms with Crippen molar-refractivity contribution in [3.8, 4) is 0 Å². The molecular formula is C22H25N5O4S. The first kappa shape index (κ1) is 23.2. The summed E-state index contributed by atoms with van der Waals surface area (Å²) in [6, 6.07) is 12.7. The van der Waals surface area contributed by atoms with Crippen LogP contribution < -0.4 is 16.0 Å². The average molecular weight is 456 g/mol. The number of amides is 2. The Morgan fingerprint density at radius 1 is 1.12 bits per heavy atom. The van der Waals surface area contributed by atoms with Gasteiger partial charge < -0.3 is 20.8 Å². The minimum Gasteiger partial charge on any atom is -0.479 e. The largest absolute Gasteiger partial charge is 0.479 e. The standard InChI is InChI=1S/C22H25N5O4S/c1-13-4-6-15(7-5-13)11-23-20(27-21(30)24-12-22(3,31)19(28)29)26-16-8-9-17-18(10-16)32-14(2)25-17/h4-10,31H,11-12H2,1-3H3,(H,28,29)(H3,23,24,26,27,30). The van der Waals surface area contributed by atoms with E-state index in [4.69, 9.17) is 5.11 Å². The summed E-state index contributed by atoms with van der Waals surface area (Å²) in [5, 5.41) is 27.8. The number of aliphatic carboxylic acids is 1. The number of guanidine groups is 1. The molecule has 5 N–H and O–H groups in total. The third-order valence-corrected chi connectivity index (χ3v) is 5.52. The van der Waals surface area contributed by atoms with Gasteiger partial charge in [0.15, 0.2) is 5.60 Å². The van der Waals surface area contributed by atoms with E-state index in [-0.39, 0.29) is 5.96 Å². The van der Waals surface area contributed by atoms with Crippen molar-refractivity contribution >= 4 is 45.2 Å². The van der Waals surface area contributed by atoms with Gasteiger partial charge in [-0.1, -0.05) is 29.8 Å². The number of aromatic nitrogens is 1. The molecule has 168 valence electrons. The van der Waals surface area contributed by atoms with Gasteiger partial charge in [-0.05, 0) is 44.5 Å². The number of carboxylic acids is 1. The molecule has 0 aliphatic heterocycles. The predicted molar refractivity (Wildman–Crippen MR) is 124 cm³/mol. The van der Waals surface area contributed by atoms with Gasteiger partial charge in [-0.2, -0.15) is 0 Å². The molecule has 3 aromatic rings. The second kappa shape index (κ2) is 9.75. The number of nitrogens with one attached hydrogen (secondary N) is 3. The molecule has 32 heavy (non-hydrogen) atoms. The van der Waals surface area contributed by atoms with E-state index in [1.165, 1.54) is 0 Å². The van der Waals surface area contributed by atoms with E-state index in [9.17, 15) is 14.7 Å². The maximum atomic E-state index is 12.3. The van der Waals surface area contributed by atoms with Gasteiger partial charge in [0.05, 0.1) is 27.5 Å². The van der Waals surface area contributed by atoms with Crippen molar-refractivity contribution in [2.24, 2.45) is 4.99 Å². The molecule has 0 aliphatic rings. The van der Waals surface area contributed by atoms with Gasteiger partial charge in [-0.3, -0.25) is 5.32 Å². The maximum absolute atomic E-state index is 12.3. The first-order valence-electron chi connectivity index (χ1n) is 9.88. The van der Waals surface area contributed by atoms with Crippen molar-refractivity contribution < 1.29 is 19.8 Å². The molecule has 3 rings (SSSR count). The number of thiazole rings is 1. The Kier molecular flexibility index (Phi) is 7.06. The van der Waals surface area contributed by atoms with Crippen LogP contribution >= 0.6 is 11.3 Å². The summed E-state index contributed by atoms with van der Waals surface area (Å²) in [7, 11) is 0. The van der Waals surface area contributed by atoms with Gasteiger partial charge in [-0.15, -0.1) is 11.3 Å². The molecule has 0 saturated heterocycles. The van der Waals surface area contributed by atoms with E-state index in [1.807, 2.05) is 50.2 Å². The number of carbonyl (C=O) groups is 2. The number of hydrogen-bond acceptors (Lipinski definition) is 6. The van der Waals surface area contributed by atoms with E-state index in [1.54, 1.807) is 17.4 Å². The van der Waals surface area contributed by atoms with Crippen LogP contribution in [0.3, 0.4) is 0 Å². The Hall–Kier alpha value is -3.50. The number of benzene rings is 2. The fourth-order valence-corrected chi connectivity index (χ4v) is 3.57. The molecule has 1 heterocycles. The fourth-order valence-electron chi connectivity index (χ4n) is 2.71. The molecule has 1 aromatic heterocycles. The molecule has 2 amide bonds.